The Balaban J connectivity index is 1.77. The molecule has 1 aromatic heterocycles. The maximum Gasteiger partial charge on any atom is 0.418 e. The summed E-state index contributed by atoms with van der Waals surface area (Å²) in [7, 11) is 0. The molecule has 0 radical (unpaired) electrons. The van der Waals surface area contributed by atoms with Gasteiger partial charge in [-0.05, 0) is 35.9 Å². The fourth-order valence-electron chi connectivity index (χ4n) is 2.17. The number of nitrogens with zero attached hydrogens (tertiary/aromatic N) is 1. The van der Waals surface area contributed by atoms with E-state index in [2.05, 4.69) is 15.6 Å². The summed E-state index contributed by atoms with van der Waals surface area (Å²) < 4.78 is 39.0. The van der Waals surface area contributed by atoms with Crippen molar-refractivity contribution in [2.45, 2.75) is 11.7 Å². The Kier molecular flexibility index (Phi) is 4.48. The van der Waals surface area contributed by atoms with Crippen LogP contribution in [0.1, 0.15) is 11.1 Å². The van der Waals surface area contributed by atoms with E-state index in [0.29, 0.717) is 4.91 Å². The van der Waals surface area contributed by atoms with Crippen molar-refractivity contribution in [2.75, 3.05) is 5.32 Å². The minimum absolute atomic E-state index is 0.0760. The van der Waals surface area contributed by atoms with Gasteiger partial charge in [0.1, 0.15) is 0 Å². The Morgan fingerprint density at radius 1 is 1.17 bits per heavy atom. The highest BCUT2D eigenvalue weighted by Crippen LogP contribution is 2.37. The second-order valence-corrected chi connectivity index (χ2v) is 6.10. The summed E-state index contributed by atoms with van der Waals surface area (Å²) in [4.78, 5) is 16.3. The lowest BCUT2D eigenvalue weighted by atomic mass is 10.1. The molecule has 1 atom stereocenters. The van der Waals surface area contributed by atoms with Gasteiger partial charge >= 0.3 is 6.18 Å². The number of nitrogens with one attached hydrogen (secondary N) is 2. The first kappa shape index (κ1) is 16.4. The molecule has 0 aliphatic carbocycles. The number of halogens is 3. The third-order valence-electron chi connectivity index (χ3n) is 3.25. The molecule has 0 spiro atoms. The number of amides is 1. The number of thioether (sulfide) groups is 1. The summed E-state index contributed by atoms with van der Waals surface area (Å²) in [5.74, 6) is -0.334. The number of anilines is 1. The molecule has 1 saturated heterocycles. The number of aromatic nitrogens is 1. The van der Waals surface area contributed by atoms with E-state index in [-0.39, 0.29) is 11.6 Å². The number of hydrogen-bond acceptors (Lipinski definition) is 4. The SMILES string of the molecule is O=C1N[C@H](Nc2ccccc2C(F)(F)F)S/C1=C\c1ccncc1. The van der Waals surface area contributed by atoms with Gasteiger partial charge in [0, 0.05) is 18.1 Å². The largest absolute Gasteiger partial charge is 0.418 e. The second-order valence-electron chi connectivity index (χ2n) is 4.95. The fraction of sp³-hybridized carbons (Fsp3) is 0.125. The molecule has 0 unspecified atom stereocenters. The van der Waals surface area contributed by atoms with Crippen molar-refractivity contribution in [3.05, 3.63) is 64.8 Å². The van der Waals surface area contributed by atoms with Crippen molar-refractivity contribution < 1.29 is 18.0 Å². The molecule has 2 N–H and O–H groups in total. The van der Waals surface area contributed by atoms with Gasteiger partial charge in [-0.3, -0.25) is 9.78 Å². The number of carbonyl (C=O) groups excluding carboxylic acids is 1. The van der Waals surface area contributed by atoms with E-state index in [9.17, 15) is 18.0 Å². The summed E-state index contributed by atoms with van der Waals surface area (Å²) in [5.41, 5.74) is -0.729. The first-order valence-corrected chi connectivity index (χ1v) is 7.83. The quantitative estimate of drug-likeness (QED) is 0.828. The molecule has 0 bridgehead atoms. The van der Waals surface area contributed by atoms with Gasteiger partial charge in [-0.15, -0.1) is 0 Å². The topological polar surface area (TPSA) is 54.0 Å². The number of benzene rings is 1. The van der Waals surface area contributed by atoms with Crippen LogP contribution in [-0.4, -0.2) is 16.4 Å². The molecule has 3 rings (SSSR count). The minimum Gasteiger partial charge on any atom is -0.356 e. The lowest BCUT2D eigenvalue weighted by Gasteiger charge is -2.17. The van der Waals surface area contributed by atoms with Crippen molar-refractivity contribution >= 4 is 29.4 Å². The van der Waals surface area contributed by atoms with Gasteiger partial charge in [0.05, 0.1) is 10.5 Å². The Bertz CT molecular complexity index is 778. The van der Waals surface area contributed by atoms with Crippen LogP contribution in [0.15, 0.2) is 53.7 Å². The minimum atomic E-state index is -4.47. The highest BCUT2D eigenvalue weighted by Gasteiger charge is 2.35. The summed E-state index contributed by atoms with van der Waals surface area (Å²) in [6.07, 6.45) is 0.393. The predicted octanol–water partition coefficient (Wildman–Crippen LogP) is 3.70. The number of carbonyl (C=O) groups is 1. The molecule has 2 aromatic rings. The molecular weight excluding hydrogens is 339 g/mol. The Hall–Kier alpha value is -2.48. The summed E-state index contributed by atoms with van der Waals surface area (Å²) >= 11 is 1.13. The lowest BCUT2D eigenvalue weighted by molar-refractivity contribution is -0.137. The van der Waals surface area contributed by atoms with Crippen molar-refractivity contribution in [3.63, 3.8) is 0 Å². The molecule has 8 heteroatoms. The zero-order chi connectivity index (χ0) is 17.2. The molecule has 1 aliphatic rings. The van der Waals surface area contributed by atoms with E-state index >= 15 is 0 Å². The van der Waals surface area contributed by atoms with Gasteiger partial charge in [0.2, 0.25) is 0 Å². The van der Waals surface area contributed by atoms with Crippen LogP contribution >= 0.6 is 11.8 Å². The van der Waals surface area contributed by atoms with E-state index in [1.807, 2.05) is 0 Å². The molecule has 1 aliphatic heterocycles. The fourth-order valence-corrected chi connectivity index (χ4v) is 3.15. The van der Waals surface area contributed by atoms with Gasteiger partial charge in [0.25, 0.3) is 5.91 Å². The normalized spacial score (nSPS) is 19.4. The van der Waals surface area contributed by atoms with Crippen LogP contribution in [0.25, 0.3) is 6.08 Å². The number of pyridine rings is 1. The van der Waals surface area contributed by atoms with Gasteiger partial charge in [-0.2, -0.15) is 13.2 Å². The van der Waals surface area contributed by atoms with E-state index in [0.717, 1.165) is 23.4 Å². The van der Waals surface area contributed by atoms with Crippen molar-refractivity contribution in [3.8, 4) is 0 Å². The van der Waals surface area contributed by atoms with Gasteiger partial charge in [0.15, 0.2) is 5.50 Å². The third kappa shape index (κ3) is 3.70. The van der Waals surface area contributed by atoms with Crippen LogP contribution < -0.4 is 10.6 Å². The molecule has 1 aromatic carbocycles. The molecule has 24 heavy (non-hydrogen) atoms. The van der Waals surface area contributed by atoms with Crippen molar-refractivity contribution in [1.82, 2.24) is 10.3 Å². The average molecular weight is 351 g/mol. The van der Waals surface area contributed by atoms with Crippen molar-refractivity contribution in [2.24, 2.45) is 0 Å². The molecular formula is C16H12F3N3OS. The third-order valence-corrected chi connectivity index (χ3v) is 4.28. The van der Waals surface area contributed by atoms with E-state index < -0.39 is 17.2 Å². The Morgan fingerprint density at radius 3 is 2.58 bits per heavy atom. The zero-order valence-electron chi connectivity index (χ0n) is 12.2. The van der Waals surface area contributed by atoms with Gasteiger partial charge < -0.3 is 10.6 Å². The molecule has 1 fully saturated rings. The van der Waals surface area contributed by atoms with E-state index in [1.54, 1.807) is 30.6 Å². The monoisotopic (exact) mass is 351 g/mol. The zero-order valence-corrected chi connectivity index (χ0v) is 13.0. The van der Waals surface area contributed by atoms with E-state index in [4.69, 9.17) is 0 Å². The number of rotatable bonds is 3. The highest BCUT2D eigenvalue weighted by molar-refractivity contribution is 8.05. The summed E-state index contributed by atoms with van der Waals surface area (Å²) in [6.45, 7) is 0. The second kappa shape index (κ2) is 6.56. The van der Waals surface area contributed by atoms with E-state index in [1.165, 1.54) is 18.2 Å². The lowest BCUT2D eigenvalue weighted by Crippen LogP contribution is -2.31. The molecule has 2 heterocycles. The molecule has 1 amide bonds. The van der Waals surface area contributed by atoms with Gasteiger partial charge in [-0.25, -0.2) is 0 Å². The first-order chi connectivity index (χ1) is 11.4. The van der Waals surface area contributed by atoms with Crippen LogP contribution in [-0.2, 0) is 11.0 Å². The number of para-hydroxylation sites is 1. The number of hydrogen-bond donors (Lipinski definition) is 2. The van der Waals surface area contributed by atoms with Crippen LogP contribution in [0.3, 0.4) is 0 Å². The predicted molar refractivity (Wildman–Crippen MR) is 86.8 cm³/mol. The first-order valence-electron chi connectivity index (χ1n) is 6.95. The molecule has 124 valence electrons. The van der Waals surface area contributed by atoms with Crippen LogP contribution in [0.4, 0.5) is 18.9 Å². The van der Waals surface area contributed by atoms with Crippen LogP contribution in [0, 0.1) is 0 Å². The molecule has 4 nitrogen and oxygen atoms in total. The van der Waals surface area contributed by atoms with Crippen LogP contribution in [0.5, 0.6) is 0 Å². The number of alkyl halides is 3. The average Bonchev–Trinajstić information content (AvgIpc) is 2.87. The van der Waals surface area contributed by atoms with Crippen LogP contribution in [0.2, 0.25) is 0 Å². The maximum absolute atomic E-state index is 13.0. The van der Waals surface area contributed by atoms with Gasteiger partial charge in [-0.1, -0.05) is 23.9 Å². The Labute approximate surface area is 140 Å². The summed E-state index contributed by atoms with van der Waals surface area (Å²) in [6, 6.07) is 8.63. The highest BCUT2D eigenvalue weighted by atomic mass is 32.2. The summed E-state index contributed by atoms with van der Waals surface area (Å²) in [5, 5.41) is 5.33. The standard InChI is InChI=1S/C16H12F3N3OS/c17-16(18,19)11-3-1-2-4-12(11)21-15-22-14(23)13(24-15)9-10-5-7-20-8-6-10/h1-9,15,21H,(H,22,23)/b13-9-/t15-/m0/s1. The molecule has 0 saturated carbocycles. The van der Waals surface area contributed by atoms with Crippen molar-refractivity contribution in [1.29, 1.82) is 0 Å². The maximum atomic E-state index is 13.0. The smallest absolute Gasteiger partial charge is 0.356 e. The Morgan fingerprint density at radius 2 is 1.88 bits per heavy atom.